The zero-order valence-corrected chi connectivity index (χ0v) is 14.5. The highest BCUT2D eigenvalue weighted by Gasteiger charge is 2.78. The van der Waals surface area contributed by atoms with Gasteiger partial charge < -0.3 is 18.6 Å². The molecule has 1 aromatic heterocycles. The lowest BCUT2D eigenvalue weighted by Gasteiger charge is -2.56. The molecule has 7 atom stereocenters. The average Bonchev–Trinajstić information content (AvgIpc) is 3.08. The summed E-state index contributed by atoms with van der Waals surface area (Å²) in [4.78, 5) is 25.3. The second-order valence-electron chi connectivity index (χ2n) is 8.56. The van der Waals surface area contributed by atoms with Crippen LogP contribution in [0.15, 0.2) is 34.7 Å². The number of allylic oxidation sites excluding steroid dienone is 1. The Hall–Kier alpha value is -2.08. The molecule has 0 amide bonds. The highest BCUT2D eigenvalue weighted by atomic mass is 16.6. The summed E-state index contributed by atoms with van der Waals surface area (Å²) in [6, 6.07) is 1.85. The van der Waals surface area contributed by atoms with Crippen molar-refractivity contribution in [2.75, 3.05) is 6.61 Å². The lowest BCUT2D eigenvalue weighted by molar-refractivity contribution is -0.187. The molecule has 4 fully saturated rings. The van der Waals surface area contributed by atoms with E-state index in [-0.39, 0.29) is 47.5 Å². The van der Waals surface area contributed by atoms with Crippen molar-refractivity contribution >= 4 is 11.9 Å². The van der Waals surface area contributed by atoms with E-state index in [0.717, 1.165) is 24.0 Å². The SMILES string of the molecule is C[C@]12C[C@H](c3ccoc3)OC(=O)[C@H]1[C@@H]1O[C@@H]1[C@@]13COC(=O)C1=CCC[C@@H]23. The van der Waals surface area contributed by atoms with Gasteiger partial charge >= 0.3 is 11.9 Å². The zero-order chi connectivity index (χ0) is 17.7. The first-order chi connectivity index (χ1) is 12.6. The maximum Gasteiger partial charge on any atom is 0.334 e. The van der Waals surface area contributed by atoms with Crippen LogP contribution in [-0.4, -0.2) is 30.8 Å². The van der Waals surface area contributed by atoms with Crippen LogP contribution in [-0.2, 0) is 23.8 Å². The maximum atomic E-state index is 13.0. The summed E-state index contributed by atoms with van der Waals surface area (Å²) in [5.41, 5.74) is 0.961. The lowest BCUT2D eigenvalue weighted by Crippen LogP contribution is -2.60. The third-order valence-corrected chi connectivity index (χ3v) is 7.51. The second kappa shape index (κ2) is 4.60. The molecule has 6 heteroatoms. The van der Waals surface area contributed by atoms with E-state index >= 15 is 0 Å². The van der Waals surface area contributed by atoms with Gasteiger partial charge in [-0.1, -0.05) is 13.0 Å². The van der Waals surface area contributed by atoms with E-state index in [9.17, 15) is 9.59 Å². The Morgan fingerprint density at radius 1 is 1.27 bits per heavy atom. The van der Waals surface area contributed by atoms with Crippen molar-refractivity contribution in [2.24, 2.45) is 22.7 Å². The van der Waals surface area contributed by atoms with E-state index in [4.69, 9.17) is 18.6 Å². The molecule has 2 aliphatic carbocycles. The normalized spacial score (nSPS) is 48.3. The Kier molecular flexibility index (Phi) is 2.66. The predicted molar refractivity (Wildman–Crippen MR) is 86.6 cm³/mol. The molecule has 0 aromatic carbocycles. The fourth-order valence-corrected chi connectivity index (χ4v) is 6.45. The molecule has 0 bridgehead atoms. The van der Waals surface area contributed by atoms with Crippen LogP contribution in [0, 0.1) is 22.7 Å². The topological polar surface area (TPSA) is 78.3 Å². The van der Waals surface area contributed by atoms with Gasteiger partial charge in [-0.15, -0.1) is 0 Å². The molecule has 0 radical (unpaired) electrons. The standard InChI is InChI=1S/C20H20O6/c1-19-7-12(10-5-6-23-8-10)25-18(22)14(19)15-16(26-15)20-9-24-17(21)11(20)3-2-4-13(19)20/h3,5-6,8,12-16H,2,4,7,9H2,1H3/t12-,13+,14-,15+,16+,19-,20+/m1/s1. The monoisotopic (exact) mass is 356 g/mol. The third-order valence-electron chi connectivity index (χ3n) is 7.51. The highest BCUT2D eigenvalue weighted by Crippen LogP contribution is 2.71. The molecule has 3 saturated heterocycles. The first kappa shape index (κ1) is 15.0. The number of hydrogen-bond acceptors (Lipinski definition) is 6. The lowest BCUT2D eigenvalue weighted by atomic mass is 9.46. The molecule has 1 saturated carbocycles. The molecule has 4 heterocycles. The number of carbonyl (C=O) groups excluding carboxylic acids is 2. The fourth-order valence-electron chi connectivity index (χ4n) is 6.45. The molecule has 0 unspecified atom stereocenters. The van der Waals surface area contributed by atoms with Gasteiger partial charge in [-0.3, -0.25) is 4.79 Å². The minimum Gasteiger partial charge on any atom is -0.472 e. The van der Waals surface area contributed by atoms with Crippen molar-refractivity contribution in [2.45, 2.75) is 44.5 Å². The van der Waals surface area contributed by atoms with Crippen LogP contribution in [0.2, 0.25) is 0 Å². The van der Waals surface area contributed by atoms with E-state index < -0.39 is 5.41 Å². The van der Waals surface area contributed by atoms with E-state index in [0.29, 0.717) is 13.0 Å². The van der Waals surface area contributed by atoms with Crippen LogP contribution in [0.4, 0.5) is 0 Å². The van der Waals surface area contributed by atoms with Crippen LogP contribution >= 0.6 is 0 Å². The summed E-state index contributed by atoms with van der Waals surface area (Å²) in [5.74, 6) is -0.511. The number of fused-ring (bicyclic) bond motifs is 4. The van der Waals surface area contributed by atoms with E-state index in [2.05, 4.69) is 6.92 Å². The second-order valence-corrected chi connectivity index (χ2v) is 8.56. The van der Waals surface area contributed by atoms with Crippen LogP contribution in [0.5, 0.6) is 0 Å². The molecule has 1 spiro atoms. The van der Waals surface area contributed by atoms with E-state index in [1.807, 2.05) is 12.1 Å². The summed E-state index contributed by atoms with van der Waals surface area (Å²) in [6.07, 6.45) is 7.16. The zero-order valence-electron chi connectivity index (χ0n) is 14.5. The average molecular weight is 356 g/mol. The van der Waals surface area contributed by atoms with Gasteiger partial charge in [0.2, 0.25) is 0 Å². The summed E-state index contributed by atoms with van der Waals surface area (Å²) in [7, 11) is 0. The van der Waals surface area contributed by atoms with Gasteiger partial charge in [0.1, 0.15) is 12.7 Å². The first-order valence-corrected chi connectivity index (χ1v) is 9.31. The third kappa shape index (κ3) is 1.58. The molecule has 0 N–H and O–H groups in total. The Labute approximate surface area is 150 Å². The largest absolute Gasteiger partial charge is 0.472 e. The number of epoxide rings is 1. The minimum absolute atomic E-state index is 0.110. The van der Waals surface area contributed by atoms with E-state index in [1.54, 1.807) is 12.5 Å². The molecule has 5 aliphatic rings. The molecule has 3 aliphatic heterocycles. The van der Waals surface area contributed by atoms with Crippen LogP contribution < -0.4 is 0 Å². The number of ether oxygens (including phenoxy) is 3. The van der Waals surface area contributed by atoms with E-state index in [1.165, 1.54) is 0 Å². The number of hydrogen-bond donors (Lipinski definition) is 0. The molecular formula is C20H20O6. The molecule has 1 aromatic rings. The van der Waals surface area contributed by atoms with Gasteiger partial charge in [0.15, 0.2) is 0 Å². The summed E-state index contributed by atoms with van der Waals surface area (Å²) < 4.78 is 22.5. The number of carbonyl (C=O) groups is 2. The molecule has 136 valence electrons. The van der Waals surface area contributed by atoms with Gasteiger partial charge in [-0.05, 0) is 36.7 Å². The first-order valence-electron chi connectivity index (χ1n) is 9.31. The maximum absolute atomic E-state index is 13.0. The van der Waals surface area contributed by atoms with Crippen molar-refractivity contribution in [1.29, 1.82) is 0 Å². The smallest absolute Gasteiger partial charge is 0.334 e. The van der Waals surface area contributed by atoms with Crippen LogP contribution in [0.1, 0.15) is 37.9 Å². The van der Waals surface area contributed by atoms with Crippen molar-refractivity contribution in [3.8, 4) is 0 Å². The van der Waals surface area contributed by atoms with Gasteiger partial charge in [-0.2, -0.15) is 0 Å². The van der Waals surface area contributed by atoms with Crippen LogP contribution in [0.25, 0.3) is 0 Å². The van der Waals surface area contributed by atoms with Crippen molar-refractivity contribution < 1.29 is 28.2 Å². The predicted octanol–water partition coefficient (Wildman–Crippen LogP) is 2.55. The summed E-state index contributed by atoms with van der Waals surface area (Å²) in [6.45, 7) is 2.55. The number of furan rings is 1. The van der Waals surface area contributed by atoms with Crippen molar-refractivity contribution in [1.82, 2.24) is 0 Å². The molecular weight excluding hydrogens is 336 g/mol. The molecule has 26 heavy (non-hydrogen) atoms. The van der Waals surface area contributed by atoms with Crippen LogP contribution in [0.3, 0.4) is 0 Å². The van der Waals surface area contributed by atoms with Crippen molar-refractivity contribution in [3.63, 3.8) is 0 Å². The molecule has 6 rings (SSSR count). The Balaban J connectivity index is 1.48. The van der Waals surface area contributed by atoms with Gasteiger partial charge in [0.05, 0.1) is 36.1 Å². The quantitative estimate of drug-likeness (QED) is 0.568. The Bertz CT molecular complexity index is 840. The Morgan fingerprint density at radius 2 is 2.15 bits per heavy atom. The summed E-state index contributed by atoms with van der Waals surface area (Å²) >= 11 is 0. The minimum atomic E-state index is -0.399. The fraction of sp³-hybridized carbons (Fsp3) is 0.600. The Morgan fingerprint density at radius 3 is 2.96 bits per heavy atom. The number of rotatable bonds is 1. The van der Waals surface area contributed by atoms with Gasteiger partial charge in [0, 0.05) is 11.1 Å². The van der Waals surface area contributed by atoms with Crippen molar-refractivity contribution in [3.05, 3.63) is 35.8 Å². The van der Waals surface area contributed by atoms with Gasteiger partial charge in [-0.25, -0.2) is 4.79 Å². The van der Waals surface area contributed by atoms with Gasteiger partial charge in [0.25, 0.3) is 0 Å². The number of cyclic esters (lactones) is 2. The molecule has 6 nitrogen and oxygen atoms in total. The highest BCUT2D eigenvalue weighted by molar-refractivity contribution is 5.93. The number of esters is 2. The summed E-state index contributed by atoms with van der Waals surface area (Å²) in [5, 5.41) is 0.